The Bertz CT molecular complexity index is 585. The van der Waals surface area contributed by atoms with Crippen molar-refractivity contribution in [3.63, 3.8) is 0 Å². The quantitative estimate of drug-likeness (QED) is 0.930. The summed E-state index contributed by atoms with van der Waals surface area (Å²) in [6.07, 6.45) is 2.24. The number of ether oxygens (including phenoxy) is 1. The van der Waals surface area contributed by atoms with Gasteiger partial charge in [0.25, 0.3) is 0 Å². The maximum atomic E-state index is 5.50. The van der Waals surface area contributed by atoms with Gasteiger partial charge in [0.2, 0.25) is 0 Å². The maximum Gasteiger partial charge on any atom is 0.0582 e. The van der Waals surface area contributed by atoms with Crippen molar-refractivity contribution in [2.45, 2.75) is 18.9 Å². The Morgan fingerprint density at radius 1 is 0.952 bits per heavy atom. The Hall–Kier alpha value is -1.64. The third-order valence-corrected chi connectivity index (χ3v) is 4.75. The molecule has 1 N–H and O–H groups in total. The van der Waals surface area contributed by atoms with Crippen LogP contribution in [-0.2, 0) is 11.2 Å². The van der Waals surface area contributed by atoms with Crippen LogP contribution < -0.4 is 5.32 Å². The molecule has 2 aromatic rings. The van der Waals surface area contributed by atoms with E-state index in [-0.39, 0.29) is 0 Å². The summed E-state index contributed by atoms with van der Waals surface area (Å²) in [6, 6.07) is 18.0. The van der Waals surface area contributed by atoms with Crippen molar-refractivity contribution in [2.24, 2.45) is 5.92 Å². The monoisotopic (exact) mass is 279 g/mol. The highest BCUT2D eigenvalue weighted by molar-refractivity contribution is 5.48. The fraction of sp³-hybridized carbons (Fsp3) is 0.368. The predicted molar refractivity (Wildman–Crippen MR) is 84.5 cm³/mol. The molecule has 0 amide bonds. The van der Waals surface area contributed by atoms with Crippen LogP contribution in [0, 0.1) is 5.92 Å². The molecule has 1 aliphatic carbocycles. The van der Waals surface area contributed by atoms with E-state index in [1.807, 2.05) is 0 Å². The number of nitrogens with one attached hydrogen (secondary N) is 1. The second kappa shape index (κ2) is 5.63. The molecule has 4 rings (SSSR count). The summed E-state index contributed by atoms with van der Waals surface area (Å²) in [6.45, 7) is 2.86. The second-order valence-corrected chi connectivity index (χ2v) is 6.15. The minimum atomic E-state index is 0.326. The molecule has 1 unspecified atom stereocenters. The van der Waals surface area contributed by atoms with Crippen LogP contribution in [0.5, 0.6) is 0 Å². The topological polar surface area (TPSA) is 21.3 Å². The average Bonchev–Trinajstić information content (AvgIpc) is 3.05. The van der Waals surface area contributed by atoms with Crippen LogP contribution in [-0.4, -0.2) is 19.8 Å². The van der Waals surface area contributed by atoms with E-state index in [1.54, 1.807) is 0 Å². The summed E-state index contributed by atoms with van der Waals surface area (Å²) >= 11 is 0. The Kier molecular flexibility index (Phi) is 3.50. The van der Waals surface area contributed by atoms with E-state index < -0.39 is 0 Å². The lowest BCUT2D eigenvalue weighted by atomic mass is 9.82. The normalized spacial score (nSPS) is 21.0. The van der Waals surface area contributed by atoms with Gasteiger partial charge >= 0.3 is 0 Å². The molecule has 1 fully saturated rings. The Morgan fingerprint density at radius 2 is 1.62 bits per heavy atom. The summed E-state index contributed by atoms with van der Waals surface area (Å²) in [5.41, 5.74) is 5.79. The minimum absolute atomic E-state index is 0.326. The molecule has 1 atom stereocenters. The molecule has 1 heterocycles. The van der Waals surface area contributed by atoms with Crippen LogP contribution in [0.15, 0.2) is 48.5 Å². The van der Waals surface area contributed by atoms with Crippen molar-refractivity contribution < 1.29 is 4.74 Å². The van der Waals surface area contributed by atoms with E-state index in [9.17, 15) is 0 Å². The fourth-order valence-corrected chi connectivity index (χ4v) is 3.58. The summed E-state index contributed by atoms with van der Waals surface area (Å²) in [5, 5.41) is 3.80. The zero-order valence-electron chi connectivity index (χ0n) is 12.2. The molecule has 1 saturated heterocycles. The molecule has 2 nitrogen and oxygen atoms in total. The third-order valence-electron chi connectivity index (χ3n) is 4.75. The molecule has 0 saturated carbocycles. The molecule has 21 heavy (non-hydrogen) atoms. The van der Waals surface area contributed by atoms with Crippen molar-refractivity contribution in [3.8, 4) is 0 Å². The molecule has 1 aliphatic heterocycles. The smallest absolute Gasteiger partial charge is 0.0582 e. The Labute approximate surface area is 126 Å². The first-order chi connectivity index (χ1) is 10.4. The van der Waals surface area contributed by atoms with E-state index in [0.29, 0.717) is 12.0 Å². The van der Waals surface area contributed by atoms with Gasteiger partial charge in [0.15, 0.2) is 0 Å². The molecule has 108 valence electrons. The number of rotatable bonds is 3. The predicted octanol–water partition coefficient (Wildman–Crippen LogP) is 3.31. The third kappa shape index (κ3) is 2.50. The van der Waals surface area contributed by atoms with E-state index >= 15 is 0 Å². The summed E-state index contributed by atoms with van der Waals surface area (Å²) in [7, 11) is 0. The molecule has 0 radical (unpaired) electrons. The van der Waals surface area contributed by atoms with Crippen molar-refractivity contribution in [1.29, 1.82) is 0 Å². The molecular weight excluding hydrogens is 258 g/mol. The molecule has 0 aromatic heterocycles. The van der Waals surface area contributed by atoms with Crippen molar-refractivity contribution in [3.05, 3.63) is 70.8 Å². The van der Waals surface area contributed by atoms with Gasteiger partial charge in [-0.1, -0.05) is 48.5 Å². The van der Waals surface area contributed by atoms with E-state index in [1.165, 1.54) is 28.7 Å². The van der Waals surface area contributed by atoms with Gasteiger partial charge in [-0.05, 0) is 41.0 Å². The molecule has 2 aliphatic rings. The average molecular weight is 279 g/mol. The van der Waals surface area contributed by atoms with Crippen LogP contribution >= 0.6 is 0 Å². The standard InChI is InChI=1S/C19H21NO/c1-3-7-17-15(5-1)11-16-6-2-4-8-18(16)19(17)20-12-14-9-10-21-13-14/h1-8,14,19-20H,9-13H2. The SMILES string of the molecule is c1ccc2c(c1)Cc1ccccc1C2NCC1CCOC1. The zero-order valence-corrected chi connectivity index (χ0v) is 12.2. The number of hydrogen-bond donors (Lipinski definition) is 1. The van der Waals surface area contributed by atoms with Crippen LogP contribution in [0.4, 0.5) is 0 Å². The summed E-state index contributed by atoms with van der Waals surface area (Å²) < 4.78 is 5.50. The molecule has 0 spiro atoms. The van der Waals surface area contributed by atoms with Gasteiger partial charge in [0.1, 0.15) is 0 Å². The minimum Gasteiger partial charge on any atom is -0.381 e. The Balaban J connectivity index is 1.64. The highest BCUT2D eigenvalue weighted by Crippen LogP contribution is 2.34. The van der Waals surface area contributed by atoms with Crippen molar-refractivity contribution in [1.82, 2.24) is 5.32 Å². The fourth-order valence-electron chi connectivity index (χ4n) is 3.58. The van der Waals surface area contributed by atoms with Crippen LogP contribution in [0.1, 0.15) is 34.7 Å². The highest BCUT2D eigenvalue weighted by atomic mass is 16.5. The molecule has 2 aromatic carbocycles. The number of fused-ring (bicyclic) bond motifs is 2. The first-order valence-electron chi connectivity index (χ1n) is 7.88. The summed E-state index contributed by atoms with van der Waals surface area (Å²) in [5.74, 6) is 0.659. The van der Waals surface area contributed by atoms with Gasteiger partial charge in [-0.25, -0.2) is 0 Å². The molecule has 2 heteroatoms. The summed E-state index contributed by atoms with van der Waals surface area (Å²) in [4.78, 5) is 0. The lowest BCUT2D eigenvalue weighted by molar-refractivity contribution is 0.185. The van der Waals surface area contributed by atoms with Gasteiger partial charge in [-0.15, -0.1) is 0 Å². The lowest BCUT2D eigenvalue weighted by Crippen LogP contribution is -2.31. The molecule has 0 bridgehead atoms. The first-order valence-corrected chi connectivity index (χ1v) is 7.88. The van der Waals surface area contributed by atoms with Gasteiger partial charge in [-0.3, -0.25) is 0 Å². The Morgan fingerprint density at radius 3 is 2.24 bits per heavy atom. The molecular formula is C19H21NO. The highest BCUT2D eigenvalue weighted by Gasteiger charge is 2.26. The lowest BCUT2D eigenvalue weighted by Gasteiger charge is -2.30. The second-order valence-electron chi connectivity index (χ2n) is 6.15. The number of benzene rings is 2. The largest absolute Gasteiger partial charge is 0.381 e. The van der Waals surface area contributed by atoms with E-state index in [4.69, 9.17) is 4.74 Å². The van der Waals surface area contributed by atoms with E-state index in [0.717, 1.165) is 26.2 Å². The van der Waals surface area contributed by atoms with Gasteiger partial charge in [0, 0.05) is 13.2 Å². The van der Waals surface area contributed by atoms with Gasteiger partial charge in [0.05, 0.1) is 12.6 Å². The van der Waals surface area contributed by atoms with Crippen LogP contribution in [0.25, 0.3) is 0 Å². The first kappa shape index (κ1) is 13.1. The van der Waals surface area contributed by atoms with Crippen LogP contribution in [0.3, 0.4) is 0 Å². The van der Waals surface area contributed by atoms with E-state index in [2.05, 4.69) is 53.8 Å². The van der Waals surface area contributed by atoms with Crippen molar-refractivity contribution >= 4 is 0 Å². The number of hydrogen-bond acceptors (Lipinski definition) is 2. The zero-order chi connectivity index (χ0) is 14.1. The maximum absolute atomic E-state index is 5.50. The van der Waals surface area contributed by atoms with Gasteiger partial charge in [-0.2, -0.15) is 0 Å². The van der Waals surface area contributed by atoms with Crippen LogP contribution in [0.2, 0.25) is 0 Å². The van der Waals surface area contributed by atoms with Gasteiger partial charge < -0.3 is 10.1 Å². The van der Waals surface area contributed by atoms with Crippen molar-refractivity contribution in [2.75, 3.05) is 19.8 Å².